The number of rotatable bonds is 6. The number of benzene rings is 1. The summed E-state index contributed by atoms with van der Waals surface area (Å²) < 4.78 is 10.6. The van der Waals surface area contributed by atoms with Crippen LogP contribution in [0.4, 0.5) is 0 Å². The summed E-state index contributed by atoms with van der Waals surface area (Å²) in [6.07, 6.45) is 1.48. The van der Waals surface area contributed by atoms with Crippen LogP contribution in [0.2, 0.25) is 0 Å². The van der Waals surface area contributed by atoms with E-state index in [9.17, 15) is 14.7 Å². The molecule has 1 aromatic carbocycles. The van der Waals surface area contributed by atoms with Gasteiger partial charge in [0, 0.05) is 18.7 Å². The molecule has 7 nitrogen and oxygen atoms in total. The zero-order valence-corrected chi connectivity index (χ0v) is 15.5. The fourth-order valence-corrected chi connectivity index (χ4v) is 3.07. The average Bonchev–Trinajstić information content (AvgIpc) is 3.27. The number of carbonyl (C=O) groups is 2. The summed E-state index contributed by atoms with van der Waals surface area (Å²) in [6.45, 7) is 0.912. The summed E-state index contributed by atoms with van der Waals surface area (Å²) in [6, 6.07) is 9.26. The zero-order chi connectivity index (χ0) is 19.6. The molecule has 0 bridgehead atoms. The summed E-state index contributed by atoms with van der Waals surface area (Å²) in [5.74, 6) is -0.537. The Kier molecular flexibility index (Phi) is 5.32. The predicted molar refractivity (Wildman–Crippen MR) is 99.3 cm³/mol. The van der Waals surface area contributed by atoms with Crippen LogP contribution in [0.1, 0.15) is 17.4 Å². The van der Waals surface area contributed by atoms with Crippen molar-refractivity contribution in [3.05, 3.63) is 59.6 Å². The summed E-state index contributed by atoms with van der Waals surface area (Å²) >= 11 is 0. The third-order valence-electron chi connectivity index (χ3n) is 4.50. The molecule has 2 aromatic rings. The van der Waals surface area contributed by atoms with Crippen LogP contribution >= 0.6 is 0 Å². The zero-order valence-electron chi connectivity index (χ0n) is 15.5. The van der Waals surface area contributed by atoms with E-state index in [0.29, 0.717) is 30.2 Å². The molecule has 1 N–H and O–H groups in total. The third kappa shape index (κ3) is 3.59. The fraction of sp³-hybridized carbons (Fsp3) is 0.300. The lowest BCUT2D eigenvalue weighted by atomic mass is 9.99. The Bertz CT molecular complexity index is 853. The summed E-state index contributed by atoms with van der Waals surface area (Å²) in [5, 5.41) is 10.8. The Morgan fingerprint density at radius 2 is 1.93 bits per heavy atom. The number of ether oxygens (including phenoxy) is 1. The van der Waals surface area contributed by atoms with Crippen molar-refractivity contribution in [2.75, 3.05) is 34.3 Å². The number of hydrogen-bond donors (Lipinski definition) is 1. The molecule has 1 unspecified atom stereocenters. The molecule has 27 heavy (non-hydrogen) atoms. The van der Waals surface area contributed by atoms with Crippen LogP contribution in [0.5, 0.6) is 5.75 Å². The summed E-state index contributed by atoms with van der Waals surface area (Å²) in [4.78, 5) is 28.7. The van der Waals surface area contributed by atoms with E-state index in [1.54, 1.807) is 43.5 Å². The minimum atomic E-state index is -0.762. The van der Waals surface area contributed by atoms with Crippen molar-refractivity contribution in [3.8, 4) is 5.75 Å². The molecular formula is C20H22N2O5. The van der Waals surface area contributed by atoms with Crippen LogP contribution in [0.25, 0.3) is 5.76 Å². The lowest BCUT2D eigenvalue weighted by molar-refractivity contribution is -0.140. The number of likely N-dealkylation sites (tertiary alicyclic amines) is 1. The SMILES string of the molecule is COc1ccc(/C(O)=C2/C(=O)C(=O)N(CCN(C)C)C2c2ccco2)cc1. The number of amides is 1. The van der Waals surface area contributed by atoms with Crippen LogP contribution in [0.15, 0.2) is 52.7 Å². The van der Waals surface area contributed by atoms with Gasteiger partial charge in [-0.1, -0.05) is 0 Å². The van der Waals surface area contributed by atoms with Gasteiger partial charge < -0.3 is 24.1 Å². The highest BCUT2D eigenvalue weighted by atomic mass is 16.5. The highest BCUT2D eigenvalue weighted by Crippen LogP contribution is 2.39. The summed E-state index contributed by atoms with van der Waals surface area (Å²) in [5.41, 5.74) is 0.455. The van der Waals surface area contributed by atoms with Gasteiger partial charge in [-0.15, -0.1) is 0 Å². The number of carbonyl (C=O) groups excluding carboxylic acids is 2. The third-order valence-corrected chi connectivity index (χ3v) is 4.50. The molecule has 1 aromatic heterocycles. The molecule has 142 valence electrons. The van der Waals surface area contributed by atoms with E-state index >= 15 is 0 Å². The van der Waals surface area contributed by atoms with Crippen molar-refractivity contribution in [1.29, 1.82) is 0 Å². The number of Topliss-reactive ketones (excluding diaryl/α,β-unsaturated/α-hetero) is 1. The number of aliphatic hydroxyl groups excluding tert-OH is 1. The molecule has 0 radical (unpaired) electrons. The van der Waals surface area contributed by atoms with Gasteiger partial charge in [-0.3, -0.25) is 9.59 Å². The van der Waals surface area contributed by atoms with Crippen molar-refractivity contribution in [1.82, 2.24) is 9.80 Å². The number of nitrogens with zero attached hydrogens (tertiary/aromatic N) is 2. The smallest absolute Gasteiger partial charge is 0.295 e. The number of likely N-dealkylation sites (N-methyl/N-ethyl adjacent to an activating group) is 1. The quantitative estimate of drug-likeness (QED) is 0.477. The number of hydrogen-bond acceptors (Lipinski definition) is 6. The van der Waals surface area contributed by atoms with Gasteiger partial charge in [-0.25, -0.2) is 0 Å². The van der Waals surface area contributed by atoms with E-state index in [1.807, 2.05) is 19.0 Å². The molecule has 0 aliphatic carbocycles. The van der Waals surface area contributed by atoms with Crippen molar-refractivity contribution in [2.24, 2.45) is 0 Å². The van der Waals surface area contributed by atoms with Crippen LogP contribution in [0, 0.1) is 0 Å². The maximum atomic E-state index is 12.7. The van der Waals surface area contributed by atoms with Crippen molar-refractivity contribution in [2.45, 2.75) is 6.04 Å². The van der Waals surface area contributed by atoms with E-state index in [2.05, 4.69) is 0 Å². The molecule has 1 atom stereocenters. The van der Waals surface area contributed by atoms with E-state index in [0.717, 1.165) is 0 Å². The van der Waals surface area contributed by atoms with Crippen molar-refractivity contribution < 1.29 is 23.8 Å². The second-order valence-corrected chi connectivity index (χ2v) is 6.54. The standard InChI is InChI=1S/C20H22N2O5/c1-21(2)10-11-22-17(15-5-4-12-27-15)16(19(24)20(22)25)18(23)13-6-8-14(26-3)9-7-13/h4-9,12,17,23H,10-11H2,1-3H3/b18-16-. The number of methoxy groups -OCH3 is 1. The fourth-order valence-electron chi connectivity index (χ4n) is 3.07. The normalized spacial score (nSPS) is 19.1. The maximum Gasteiger partial charge on any atom is 0.295 e. The lowest BCUT2D eigenvalue weighted by Crippen LogP contribution is -2.35. The first kappa shape index (κ1) is 18.7. The first-order valence-corrected chi connectivity index (χ1v) is 8.55. The highest BCUT2D eigenvalue weighted by molar-refractivity contribution is 6.46. The minimum absolute atomic E-state index is 0.0267. The predicted octanol–water partition coefficient (Wildman–Crippen LogP) is 2.27. The van der Waals surface area contributed by atoms with Crippen molar-refractivity contribution in [3.63, 3.8) is 0 Å². The van der Waals surface area contributed by atoms with E-state index in [4.69, 9.17) is 9.15 Å². The second-order valence-electron chi connectivity index (χ2n) is 6.54. The maximum absolute atomic E-state index is 12.7. The molecule has 2 heterocycles. The van der Waals surface area contributed by atoms with Gasteiger partial charge in [0.05, 0.1) is 18.9 Å². The van der Waals surface area contributed by atoms with Crippen LogP contribution in [-0.4, -0.2) is 60.9 Å². The Balaban J connectivity index is 2.07. The number of aliphatic hydroxyl groups is 1. The number of furan rings is 1. The lowest BCUT2D eigenvalue weighted by Gasteiger charge is -2.24. The molecule has 1 aliphatic heterocycles. The Morgan fingerprint density at radius 1 is 1.22 bits per heavy atom. The topological polar surface area (TPSA) is 83.2 Å². The largest absolute Gasteiger partial charge is 0.507 e. The van der Waals surface area contributed by atoms with Gasteiger partial charge in [0.25, 0.3) is 11.7 Å². The number of ketones is 1. The second kappa shape index (κ2) is 7.67. The van der Waals surface area contributed by atoms with Gasteiger partial charge in [0.2, 0.25) is 0 Å². The first-order valence-electron chi connectivity index (χ1n) is 8.55. The van der Waals surface area contributed by atoms with Gasteiger partial charge >= 0.3 is 0 Å². The van der Waals surface area contributed by atoms with Gasteiger partial charge in [-0.2, -0.15) is 0 Å². The van der Waals surface area contributed by atoms with Crippen molar-refractivity contribution >= 4 is 17.4 Å². The van der Waals surface area contributed by atoms with Crippen LogP contribution < -0.4 is 4.74 Å². The monoisotopic (exact) mass is 370 g/mol. The molecule has 1 fully saturated rings. The molecule has 7 heteroatoms. The summed E-state index contributed by atoms with van der Waals surface area (Å²) in [7, 11) is 5.31. The van der Waals surface area contributed by atoms with Gasteiger partial charge in [-0.05, 0) is 50.5 Å². The van der Waals surface area contributed by atoms with E-state index in [-0.39, 0.29) is 11.3 Å². The Hall–Kier alpha value is -3.06. The molecule has 1 amide bonds. The molecule has 1 saturated heterocycles. The van der Waals surface area contributed by atoms with Crippen LogP contribution in [0.3, 0.4) is 0 Å². The molecule has 0 saturated carbocycles. The molecule has 3 rings (SSSR count). The van der Waals surface area contributed by atoms with Gasteiger partial charge in [0.1, 0.15) is 23.3 Å². The highest BCUT2D eigenvalue weighted by Gasteiger charge is 2.47. The Labute approximate surface area is 157 Å². The minimum Gasteiger partial charge on any atom is -0.507 e. The molecular weight excluding hydrogens is 348 g/mol. The first-order chi connectivity index (χ1) is 12.9. The average molecular weight is 370 g/mol. The molecule has 0 spiro atoms. The van der Waals surface area contributed by atoms with E-state index in [1.165, 1.54) is 11.2 Å². The van der Waals surface area contributed by atoms with E-state index < -0.39 is 17.7 Å². The molecule has 1 aliphatic rings. The Morgan fingerprint density at radius 3 is 2.48 bits per heavy atom. The van der Waals surface area contributed by atoms with Crippen LogP contribution in [-0.2, 0) is 9.59 Å². The van der Waals surface area contributed by atoms with Gasteiger partial charge in [0.15, 0.2) is 0 Å².